The summed E-state index contributed by atoms with van der Waals surface area (Å²) in [6.45, 7) is 0. The Morgan fingerprint density at radius 2 is 1.67 bits per heavy atom. The molecule has 0 saturated heterocycles. The van der Waals surface area contributed by atoms with Gasteiger partial charge >= 0.3 is 21.7 Å². The quantitative estimate of drug-likeness (QED) is 0.287. The van der Waals surface area contributed by atoms with Crippen LogP contribution in [0.4, 0.5) is 0 Å². The van der Waals surface area contributed by atoms with E-state index < -0.39 is 0 Å². The molecule has 0 spiro atoms. The van der Waals surface area contributed by atoms with Crippen molar-refractivity contribution in [3.05, 3.63) is 96.2 Å². The summed E-state index contributed by atoms with van der Waals surface area (Å²) in [5.41, 5.74) is 5.79. The molecule has 0 N–H and O–H groups in total. The number of benzene rings is 2. The maximum Gasteiger partial charge on any atom is 4.00 e. The average Bonchev–Trinajstić information content (AvgIpc) is 3.46. The van der Waals surface area contributed by atoms with E-state index in [0.29, 0.717) is 0 Å². The zero-order valence-electron chi connectivity index (χ0n) is 16.7. The van der Waals surface area contributed by atoms with Gasteiger partial charge in [-0.25, -0.2) is 12.2 Å². The van der Waals surface area contributed by atoms with Gasteiger partial charge in [-0.15, -0.1) is 47.5 Å². The number of hydrogen-bond acceptors (Lipinski definition) is 0. The van der Waals surface area contributed by atoms with Gasteiger partial charge in [0.25, 0.3) is 0 Å². The molecule has 0 fully saturated rings. The summed E-state index contributed by atoms with van der Waals surface area (Å²) in [6, 6.07) is 22.2. The molecule has 2 aliphatic carbocycles. The van der Waals surface area contributed by atoms with Crippen LogP contribution < -0.4 is 24.8 Å². The van der Waals surface area contributed by atoms with Crippen LogP contribution in [0.5, 0.6) is 0 Å². The van der Waals surface area contributed by atoms with E-state index in [1.54, 1.807) is 5.56 Å². The number of allylic oxidation sites excluding steroid dienone is 4. The third-order valence-corrected chi connectivity index (χ3v) is 5.63. The molecule has 1 aromatic heterocycles. The molecule has 0 atom stereocenters. The molecule has 0 aliphatic heterocycles. The van der Waals surface area contributed by atoms with Gasteiger partial charge < -0.3 is 29.4 Å². The van der Waals surface area contributed by atoms with E-state index in [1.807, 2.05) is 12.2 Å². The number of fused-ring (bicyclic) bond motifs is 4. The van der Waals surface area contributed by atoms with Crippen molar-refractivity contribution in [1.29, 1.82) is 0 Å². The molecule has 1 nitrogen and oxygen atoms in total. The molecule has 2 aliphatic rings. The van der Waals surface area contributed by atoms with E-state index in [2.05, 4.69) is 77.4 Å². The Hall–Kier alpha value is -1.64. The van der Waals surface area contributed by atoms with Gasteiger partial charge in [-0.05, 0) is 43.0 Å². The van der Waals surface area contributed by atoms with Gasteiger partial charge in [-0.2, -0.15) is 6.08 Å². The monoisotopic (exact) mass is 467 g/mol. The third-order valence-electron chi connectivity index (χ3n) is 5.63. The molecule has 6 rings (SSSR count). The first-order valence-corrected chi connectivity index (χ1v) is 9.90. The minimum atomic E-state index is 0. The normalized spacial score (nSPS) is 13.6. The Bertz CT molecular complexity index is 1120. The van der Waals surface area contributed by atoms with E-state index in [4.69, 9.17) is 0 Å². The fraction of sp³-hybridized carbons (Fsp3) is 0.192. The fourth-order valence-electron chi connectivity index (χ4n) is 4.39. The first-order chi connectivity index (χ1) is 13.4. The van der Waals surface area contributed by atoms with Crippen molar-refractivity contribution in [3.63, 3.8) is 0 Å². The Morgan fingerprint density at radius 1 is 0.900 bits per heavy atom. The first-order valence-electron chi connectivity index (χ1n) is 9.90. The van der Waals surface area contributed by atoms with Crippen LogP contribution >= 0.6 is 0 Å². The SMILES string of the molecule is [C-]1=CC=CC1.[Cl-].[Cl-].[Ti+4].c1ccc2[cH-]c(-n3c4c(c5ccccc53)CCCC4)cc2c1. The molecule has 0 bridgehead atoms. The van der Waals surface area contributed by atoms with E-state index >= 15 is 0 Å². The van der Waals surface area contributed by atoms with Gasteiger partial charge in [-0.3, -0.25) is 6.08 Å². The Kier molecular flexibility index (Phi) is 9.13. The summed E-state index contributed by atoms with van der Waals surface area (Å²) in [4.78, 5) is 0. The minimum absolute atomic E-state index is 0. The molecule has 0 saturated carbocycles. The molecule has 30 heavy (non-hydrogen) atoms. The zero-order valence-corrected chi connectivity index (χ0v) is 19.8. The second kappa shape index (κ2) is 11.1. The van der Waals surface area contributed by atoms with Gasteiger partial charge in [0.2, 0.25) is 0 Å². The number of hydrogen-bond donors (Lipinski definition) is 0. The van der Waals surface area contributed by atoms with Crippen LogP contribution in [0.25, 0.3) is 27.4 Å². The van der Waals surface area contributed by atoms with Crippen molar-refractivity contribution < 1.29 is 46.5 Å². The van der Waals surface area contributed by atoms with Gasteiger partial charge in [0.05, 0.1) is 5.52 Å². The van der Waals surface area contributed by atoms with Crippen LogP contribution in [0.15, 0.2) is 78.9 Å². The maximum atomic E-state index is 2.99. The molecule has 0 radical (unpaired) electrons. The van der Waals surface area contributed by atoms with Gasteiger partial charge in [-0.1, -0.05) is 24.3 Å². The molecule has 3 aromatic carbocycles. The molecule has 1 heterocycles. The van der Waals surface area contributed by atoms with Crippen molar-refractivity contribution in [2.75, 3.05) is 0 Å². The smallest absolute Gasteiger partial charge is 1.00 e. The maximum absolute atomic E-state index is 2.99. The van der Waals surface area contributed by atoms with Crippen molar-refractivity contribution in [3.8, 4) is 5.69 Å². The molecule has 150 valence electrons. The van der Waals surface area contributed by atoms with E-state index in [1.165, 1.54) is 58.7 Å². The van der Waals surface area contributed by atoms with Crippen LogP contribution in [0.2, 0.25) is 0 Å². The second-order valence-electron chi connectivity index (χ2n) is 7.33. The Labute approximate surface area is 205 Å². The summed E-state index contributed by atoms with van der Waals surface area (Å²) >= 11 is 0. The predicted octanol–water partition coefficient (Wildman–Crippen LogP) is 0.693. The Balaban J connectivity index is 0.000000356. The number of rotatable bonds is 1. The summed E-state index contributed by atoms with van der Waals surface area (Å²) in [7, 11) is 0. The second-order valence-corrected chi connectivity index (χ2v) is 7.33. The molecule has 0 unspecified atom stereocenters. The van der Waals surface area contributed by atoms with Crippen molar-refractivity contribution in [1.82, 2.24) is 4.57 Å². The van der Waals surface area contributed by atoms with Crippen LogP contribution in [-0.4, -0.2) is 4.57 Å². The average molecular weight is 468 g/mol. The predicted molar refractivity (Wildman–Crippen MR) is 115 cm³/mol. The molecule has 0 amide bonds. The van der Waals surface area contributed by atoms with Gasteiger partial charge in [0.1, 0.15) is 0 Å². The van der Waals surface area contributed by atoms with Crippen LogP contribution in [0.1, 0.15) is 30.5 Å². The summed E-state index contributed by atoms with van der Waals surface area (Å²) < 4.78 is 2.50. The number of aromatic nitrogens is 1. The number of halogens is 2. The van der Waals surface area contributed by atoms with E-state index in [-0.39, 0.29) is 46.5 Å². The standard InChI is InChI=1S/C21H18N.C5H5.2ClH.Ti/c1-2-8-16-14-17(13-15(16)7-1)22-20-11-5-3-9-18(20)19-10-4-6-12-21(19)22;1-2-4-5-3-1;;;/h1-3,5,7-9,11,13-14H,4,6,10,12H2;1-3H,4H2;2*1H;/q2*-1;;;+4/p-2. The van der Waals surface area contributed by atoms with Gasteiger partial charge in [0, 0.05) is 11.1 Å². The zero-order chi connectivity index (χ0) is 18.1. The van der Waals surface area contributed by atoms with E-state index in [0.717, 1.165) is 6.42 Å². The molecule has 4 aromatic rings. The fourth-order valence-corrected chi connectivity index (χ4v) is 4.39. The number of nitrogens with zero attached hydrogens (tertiary/aromatic N) is 1. The van der Waals surface area contributed by atoms with Crippen LogP contribution in [0.3, 0.4) is 0 Å². The van der Waals surface area contributed by atoms with Gasteiger partial charge in [0.15, 0.2) is 0 Å². The van der Waals surface area contributed by atoms with Crippen molar-refractivity contribution in [2.45, 2.75) is 32.1 Å². The Morgan fingerprint density at radius 3 is 2.40 bits per heavy atom. The molecular formula is C26H23Cl2NTi. The number of aryl methyl sites for hydroxylation is 1. The summed E-state index contributed by atoms with van der Waals surface area (Å²) in [5, 5.41) is 4.11. The van der Waals surface area contributed by atoms with Crippen molar-refractivity contribution >= 4 is 21.7 Å². The van der Waals surface area contributed by atoms with Crippen molar-refractivity contribution in [2.24, 2.45) is 0 Å². The summed E-state index contributed by atoms with van der Waals surface area (Å²) in [6.07, 6.45) is 15.1. The first kappa shape index (κ1) is 24.6. The summed E-state index contributed by atoms with van der Waals surface area (Å²) in [5.74, 6) is 0. The largest absolute Gasteiger partial charge is 4.00 e. The molecule has 4 heteroatoms. The van der Waals surface area contributed by atoms with Crippen LogP contribution in [-0.2, 0) is 34.6 Å². The molecular weight excluding hydrogens is 445 g/mol. The van der Waals surface area contributed by atoms with Crippen LogP contribution in [0, 0.1) is 6.08 Å². The number of para-hydroxylation sites is 1. The minimum Gasteiger partial charge on any atom is -1.00 e. The van der Waals surface area contributed by atoms with E-state index in [9.17, 15) is 0 Å². The topological polar surface area (TPSA) is 4.93 Å². The third kappa shape index (κ3) is 4.65.